The minimum atomic E-state index is 0.0202. The predicted octanol–water partition coefficient (Wildman–Crippen LogP) is 4.03. The fourth-order valence-corrected chi connectivity index (χ4v) is 3.42. The quantitative estimate of drug-likeness (QED) is 0.880. The first-order valence-electron chi connectivity index (χ1n) is 9.12. The van der Waals surface area contributed by atoms with Crippen LogP contribution in [0, 0.1) is 13.8 Å². The van der Waals surface area contributed by atoms with Crippen LogP contribution in [-0.2, 0) is 6.42 Å². The highest BCUT2D eigenvalue weighted by molar-refractivity contribution is 6.30. The lowest BCUT2D eigenvalue weighted by atomic mass is 10.1. The number of hydrogen-bond donors (Lipinski definition) is 1. The van der Waals surface area contributed by atoms with Gasteiger partial charge >= 0.3 is 6.03 Å². The van der Waals surface area contributed by atoms with Gasteiger partial charge in [-0.2, -0.15) is 0 Å². The number of piperazine rings is 1. The highest BCUT2D eigenvalue weighted by atomic mass is 35.5. The van der Waals surface area contributed by atoms with Gasteiger partial charge in [0.15, 0.2) is 0 Å². The van der Waals surface area contributed by atoms with Crippen LogP contribution in [0.4, 0.5) is 10.5 Å². The molecule has 0 atom stereocenters. The average molecular weight is 372 g/mol. The Morgan fingerprint density at radius 3 is 2.50 bits per heavy atom. The number of carbonyl (C=O) groups excluding carboxylic acids is 1. The Hall–Kier alpha value is -2.20. The zero-order chi connectivity index (χ0) is 18.5. The number of carbonyl (C=O) groups is 1. The fraction of sp³-hybridized carbons (Fsp3) is 0.381. The molecule has 4 nitrogen and oxygen atoms in total. The van der Waals surface area contributed by atoms with Crippen molar-refractivity contribution in [2.45, 2.75) is 20.3 Å². The number of nitrogens with zero attached hydrogens (tertiary/aromatic N) is 2. The molecule has 1 saturated heterocycles. The third-order valence-corrected chi connectivity index (χ3v) is 5.24. The lowest BCUT2D eigenvalue weighted by Crippen LogP contribution is -2.52. The number of hydrogen-bond acceptors (Lipinski definition) is 2. The van der Waals surface area contributed by atoms with E-state index in [1.807, 2.05) is 29.2 Å². The average Bonchev–Trinajstić information content (AvgIpc) is 2.64. The Labute approximate surface area is 160 Å². The highest BCUT2D eigenvalue weighted by Crippen LogP contribution is 2.20. The van der Waals surface area contributed by atoms with Gasteiger partial charge in [0.25, 0.3) is 0 Å². The van der Waals surface area contributed by atoms with E-state index in [9.17, 15) is 4.79 Å². The summed E-state index contributed by atoms with van der Waals surface area (Å²) in [7, 11) is 0. The van der Waals surface area contributed by atoms with Crippen LogP contribution < -0.4 is 10.2 Å². The van der Waals surface area contributed by atoms with Crippen LogP contribution in [0.1, 0.15) is 16.7 Å². The summed E-state index contributed by atoms with van der Waals surface area (Å²) < 4.78 is 0. The maximum absolute atomic E-state index is 12.4. The molecule has 0 aliphatic carbocycles. The monoisotopic (exact) mass is 371 g/mol. The lowest BCUT2D eigenvalue weighted by molar-refractivity contribution is 0.194. The van der Waals surface area contributed by atoms with Crippen molar-refractivity contribution in [1.82, 2.24) is 10.2 Å². The molecule has 2 aromatic carbocycles. The predicted molar refractivity (Wildman–Crippen MR) is 108 cm³/mol. The first-order valence-corrected chi connectivity index (χ1v) is 9.50. The second kappa shape index (κ2) is 8.45. The molecule has 1 aliphatic heterocycles. The molecule has 138 valence electrons. The summed E-state index contributed by atoms with van der Waals surface area (Å²) in [5.74, 6) is 0. The number of rotatable bonds is 4. The summed E-state index contributed by atoms with van der Waals surface area (Å²) in [4.78, 5) is 16.6. The van der Waals surface area contributed by atoms with Crippen LogP contribution >= 0.6 is 11.6 Å². The van der Waals surface area contributed by atoms with Crippen molar-refractivity contribution in [3.05, 3.63) is 64.2 Å². The Kier molecular flexibility index (Phi) is 6.04. The Morgan fingerprint density at radius 2 is 1.81 bits per heavy atom. The molecule has 0 radical (unpaired) electrons. The van der Waals surface area contributed by atoms with E-state index >= 15 is 0 Å². The topological polar surface area (TPSA) is 35.6 Å². The smallest absolute Gasteiger partial charge is 0.317 e. The molecule has 0 aromatic heterocycles. The minimum absolute atomic E-state index is 0.0202. The Balaban J connectivity index is 1.45. The number of aryl methyl sites for hydroxylation is 2. The van der Waals surface area contributed by atoms with E-state index in [-0.39, 0.29) is 6.03 Å². The van der Waals surface area contributed by atoms with Gasteiger partial charge in [0, 0.05) is 43.4 Å². The number of benzene rings is 2. The molecule has 0 unspecified atom stereocenters. The van der Waals surface area contributed by atoms with Gasteiger partial charge in [0.2, 0.25) is 0 Å². The SMILES string of the molecule is Cc1ccc(N2CCN(C(=O)NCCc3cccc(Cl)c3)CC2)cc1C. The maximum Gasteiger partial charge on any atom is 0.317 e. The zero-order valence-corrected chi connectivity index (χ0v) is 16.2. The van der Waals surface area contributed by atoms with Gasteiger partial charge in [-0.05, 0) is 61.2 Å². The molecule has 0 bridgehead atoms. The van der Waals surface area contributed by atoms with Crippen LogP contribution in [0.15, 0.2) is 42.5 Å². The van der Waals surface area contributed by atoms with Crippen LogP contribution in [0.2, 0.25) is 5.02 Å². The molecular weight excluding hydrogens is 346 g/mol. The van der Waals surface area contributed by atoms with E-state index in [4.69, 9.17) is 11.6 Å². The number of urea groups is 1. The van der Waals surface area contributed by atoms with Gasteiger partial charge in [0.05, 0.1) is 0 Å². The van der Waals surface area contributed by atoms with E-state index < -0.39 is 0 Å². The van der Waals surface area contributed by atoms with Crippen LogP contribution in [0.5, 0.6) is 0 Å². The second-order valence-electron chi connectivity index (χ2n) is 6.85. The number of nitrogens with one attached hydrogen (secondary N) is 1. The number of halogens is 1. The summed E-state index contributed by atoms with van der Waals surface area (Å²) in [5.41, 5.74) is 5.00. The third kappa shape index (κ3) is 4.70. The van der Waals surface area contributed by atoms with Crippen LogP contribution in [0.25, 0.3) is 0 Å². The van der Waals surface area contributed by atoms with E-state index in [1.165, 1.54) is 16.8 Å². The van der Waals surface area contributed by atoms with Crippen LogP contribution in [-0.4, -0.2) is 43.7 Å². The molecule has 0 spiro atoms. The van der Waals surface area contributed by atoms with Gasteiger partial charge in [-0.25, -0.2) is 4.79 Å². The van der Waals surface area contributed by atoms with E-state index in [0.717, 1.165) is 43.2 Å². The molecule has 3 rings (SSSR count). The molecular formula is C21H26ClN3O. The zero-order valence-electron chi connectivity index (χ0n) is 15.5. The van der Waals surface area contributed by atoms with Crippen molar-refractivity contribution >= 4 is 23.3 Å². The van der Waals surface area contributed by atoms with Crippen molar-refractivity contribution in [2.75, 3.05) is 37.6 Å². The first-order chi connectivity index (χ1) is 12.5. The first kappa shape index (κ1) is 18.6. The highest BCUT2D eigenvalue weighted by Gasteiger charge is 2.21. The molecule has 2 aromatic rings. The van der Waals surface area contributed by atoms with Gasteiger partial charge in [-0.15, -0.1) is 0 Å². The lowest BCUT2D eigenvalue weighted by Gasteiger charge is -2.36. The third-order valence-electron chi connectivity index (χ3n) is 5.00. The summed E-state index contributed by atoms with van der Waals surface area (Å²) in [6, 6.07) is 14.4. The number of amides is 2. The van der Waals surface area contributed by atoms with Crippen molar-refractivity contribution < 1.29 is 4.79 Å². The molecule has 26 heavy (non-hydrogen) atoms. The normalized spacial score (nSPS) is 14.4. The van der Waals surface area contributed by atoms with Crippen LogP contribution in [0.3, 0.4) is 0 Å². The van der Waals surface area contributed by atoms with Crippen molar-refractivity contribution in [3.8, 4) is 0 Å². The van der Waals surface area contributed by atoms with Gasteiger partial charge < -0.3 is 15.1 Å². The second-order valence-corrected chi connectivity index (χ2v) is 7.29. The number of anilines is 1. The van der Waals surface area contributed by atoms with E-state index in [0.29, 0.717) is 6.54 Å². The maximum atomic E-state index is 12.4. The molecule has 1 N–H and O–H groups in total. The van der Waals surface area contributed by atoms with E-state index in [1.54, 1.807) is 0 Å². The fourth-order valence-electron chi connectivity index (χ4n) is 3.21. The van der Waals surface area contributed by atoms with Crippen molar-refractivity contribution in [2.24, 2.45) is 0 Å². The van der Waals surface area contributed by atoms with Gasteiger partial charge in [-0.3, -0.25) is 0 Å². The summed E-state index contributed by atoms with van der Waals surface area (Å²) in [6.07, 6.45) is 0.787. The largest absolute Gasteiger partial charge is 0.368 e. The molecule has 5 heteroatoms. The molecule has 1 fully saturated rings. The summed E-state index contributed by atoms with van der Waals surface area (Å²) in [6.45, 7) is 8.12. The van der Waals surface area contributed by atoms with Crippen molar-refractivity contribution in [3.63, 3.8) is 0 Å². The molecule has 1 aliphatic rings. The summed E-state index contributed by atoms with van der Waals surface area (Å²) >= 11 is 5.99. The van der Waals surface area contributed by atoms with Gasteiger partial charge in [0.1, 0.15) is 0 Å². The van der Waals surface area contributed by atoms with E-state index in [2.05, 4.69) is 42.3 Å². The van der Waals surface area contributed by atoms with Crippen molar-refractivity contribution in [1.29, 1.82) is 0 Å². The standard InChI is InChI=1S/C21H26ClN3O/c1-16-6-7-20(14-17(16)2)24-10-12-25(13-11-24)21(26)23-9-8-18-4-3-5-19(22)15-18/h3-7,14-15H,8-13H2,1-2H3,(H,23,26). The Morgan fingerprint density at radius 1 is 1.04 bits per heavy atom. The molecule has 0 saturated carbocycles. The molecule has 1 heterocycles. The Bertz CT molecular complexity index is 770. The minimum Gasteiger partial charge on any atom is -0.368 e. The summed E-state index contributed by atoms with van der Waals surface area (Å²) in [5, 5.41) is 3.75. The molecule has 2 amide bonds. The van der Waals surface area contributed by atoms with Gasteiger partial charge in [-0.1, -0.05) is 29.8 Å².